The van der Waals surface area contributed by atoms with Crippen LogP contribution in [-0.2, 0) is 6.54 Å². The van der Waals surface area contributed by atoms with Crippen molar-refractivity contribution in [1.29, 1.82) is 0 Å². The van der Waals surface area contributed by atoms with Crippen LogP contribution in [0.25, 0.3) is 11.0 Å². The molecule has 3 rings (SSSR count). The van der Waals surface area contributed by atoms with Gasteiger partial charge in [-0.15, -0.1) is 0 Å². The first kappa shape index (κ1) is 10.9. The number of aromatic amines is 1. The molecule has 1 unspecified atom stereocenters. The van der Waals surface area contributed by atoms with E-state index in [-0.39, 0.29) is 11.5 Å². The number of benzene rings is 1. The maximum Gasteiger partial charge on any atom is 0.326 e. The van der Waals surface area contributed by atoms with Gasteiger partial charge in [0.25, 0.3) is 0 Å². The minimum Gasteiger partial charge on any atom is -0.303 e. The predicted molar refractivity (Wildman–Crippen MR) is 67.9 cm³/mol. The summed E-state index contributed by atoms with van der Waals surface area (Å²) in [6, 6.07) is 4.80. The minimum absolute atomic E-state index is 0.206. The van der Waals surface area contributed by atoms with Gasteiger partial charge in [0.05, 0.1) is 5.52 Å². The summed E-state index contributed by atoms with van der Waals surface area (Å²) in [6.45, 7) is 0.690. The molecule has 1 N–H and O–H groups in total. The zero-order chi connectivity index (χ0) is 11.8. The van der Waals surface area contributed by atoms with Crippen molar-refractivity contribution >= 4 is 22.8 Å². The highest BCUT2D eigenvalue weighted by Crippen LogP contribution is 2.25. The number of fused-ring (bicyclic) bond motifs is 1. The van der Waals surface area contributed by atoms with Crippen LogP contribution in [0.1, 0.15) is 6.42 Å². The van der Waals surface area contributed by atoms with Gasteiger partial charge in [-0.1, -0.05) is 6.07 Å². The number of nitrogens with zero attached hydrogens (tertiary/aromatic N) is 1. The highest BCUT2D eigenvalue weighted by atomic mass is 32.2. The number of imidazole rings is 1. The first-order valence-corrected chi connectivity index (χ1v) is 6.86. The third-order valence-electron chi connectivity index (χ3n) is 3.22. The fourth-order valence-corrected chi connectivity index (χ4v) is 3.58. The summed E-state index contributed by atoms with van der Waals surface area (Å²) in [7, 11) is 0. The van der Waals surface area contributed by atoms with Gasteiger partial charge < -0.3 is 4.98 Å². The number of thioether (sulfide) groups is 1. The molecule has 2 heterocycles. The van der Waals surface area contributed by atoms with E-state index in [0.717, 1.165) is 17.9 Å². The monoisotopic (exact) mass is 252 g/mol. The predicted octanol–water partition coefficient (Wildman–Crippen LogP) is 2.22. The summed E-state index contributed by atoms with van der Waals surface area (Å²) in [5, 5.41) is 0. The number of hydrogen-bond donors (Lipinski definition) is 1. The molecule has 1 saturated heterocycles. The van der Waals surface area contributed by atoms with Crippen LogP contribution in [0.2, 0.25) is 0 Å². The second-order valence-electron chi connectivity index (χ2n) is 4.40. The summed E-state index contributed by atoms with van der Waals surface area (Å²) in [4.78, 5) is 14.4. The van der Waals surface area contributed by atoms with Gasteiger partial charge in [-0.25, -0.2) is 9.18 Å². The van der Waals surface area contributed by atoms with Gasteiger partial charge >= 0.3 is 5.69 Å². The van der Waals surface area contributed by atoms with Gasteiger partial charge in [-0.3, -0.25) is 4.57 Å². The molecular weight excluding hydrogens is 239 g/mol. The molecule has 90 valence electrons. The molecule has 1 atom stereocenters. The van der Waals surface area contributed by atoms with Crippen molar-refractivity contribution in [2.75, 3.05) is 11.5 Å². The van der Waals surface area contributed by atoms with Crippen LogP contribution in [0.5, 0.6) is 0 Å². The van der Waals surface area contributed by atoms with Crippen LogP contribution in [0, 0.1) is 11.7 Å². The fourth-order valence-electron chi connectivity index (χ4n) is 2.31. The maximum absolute atomic E-state index is 13.5. The molecule has 1 aliphatic rings. The molecule has 0 radical (unpaired) electrons. The maximum atomic E-state index is 13.5. The summed E-state index contributed by atoms with van der Waals surface area (Å²) >= 11 is 1.92. The highest BCUT2D eigenvalue weighted by molar-refractivity contribution is 7.99. The lowest BCUT2D eigenvalue weighted by Gasteiger charge is -2.09. The third-order valence-corrected chi connectivity index (χ3v) is 4.46. The standard InChI is InChI=1S/C12H13FN2OS/c13-9-2-1-3-10-11(9)14-12(16)15(10)6-8-4-5-17-7-8/h1-3,8H,4-7H2,(H,14,16). The quantitative estimate of drug-likeness (QED) is 0.890. The lowest BCUT2D eigenvalue weighted by atomic mass is 10.1. The second-order valence-corrected chi connectivity index (χ2v) is 5.55. The Bertz CT molecular complexity index is 598. The van der Waals surface area contributed by atoms with E-state index >= 15 is 0 Å². The van der Waals surface area contributed by atoms with Gasteiger partial charge in [-0.05, 0) is 36.0 Å². The average Bonchev–Trinajstić information content (AvgIpc) is 2.91. The summed E-state index contributed by atoms with van der Waals surface area (Å²) < 4.78 is 15.2. The number of para-hydroxylation sites is 1. The smallest absolute Gasteiger partial charge is 0.303 e. The molecule has 0 spiro atoms. The van der Waals surface area contributed by atoms with Crippen LogP contribution >= 0.6 is 11.8 Å². The number of nitrogens with one attached hydrogen (secondary N) is 1. The summed E-state index contributed by atoms with van der Waals surface area (Å²) in [5.41, 5.74) is 0.789. The molecule has 2 aromatic rings. The molecule has 3 nitrogen and oxygen atoms in total. The van der Waals surface area contributed by atoms with Gasteiger partial charge in [0.2, 0.25) is 0 Å². The third kappa shape index (κ3) is 1.88. The highest BCUT2D eigenvalue weighted by Gasteiger charge is 2.19. The molecule has 0 saturated carbocycles. The molecule has 17 heavy (non-hydrogen) atoms. The molecule has 0 aliphatic carbocycles. The number of rotatable bonds is 2. The van der Waals surface area contributed by atoms with Crippen LogP contribution < -0.4 is 5.69 Å². The van der Waals surface area contributed by atoms with Crippen molar-refractivity contribution in [3.05, 3.63) is 34.5 Å². The van der Waals surface area contributed by atoms with Gasteiger partial charge in [0.1, 0.15) is 11.3 Å². The Kier molecular flexibility index (Phi) is 2.70. The van der Waals surface area contributed by atoms with Crippen molar-refractivity contribution in [2.45, 2.75) is 13.0 Å². The average molecular weight is 252 g/mol. The zero-order valence-electron chi connectivity index (χ0n) is 9.28. The zero-order valence-corrected chi connectivity index (χ0v) is 10.1. The van der Waals surface area contributed by atoms with E-state index < -0.39 is 0 Å². The molecule has 1 aromatic carbocycles. The molecule has 1 fully saturated rings. The Morgan fingerprint density at radius 2 is 2.41 bits per heavy atom. The van der Waals surface area contributed by atoms with Crippen LogP contribution in [-0.4, -0.2) is 21.1 Å². The van der Waals surface area contributed by atoms with Gasteiger partial charge in [0.15, 0.2) is 0 Å². The number of halogens is 1. The van der Waals surface area contributed by atoms with Gasteiger partial charge in [0, 0.05) is 6.54 Å². The number of aromatic nitrogens is 2. The van der Waals surface area contributed by atoms with E-state index in [4.69, 9.17) is 0 Å². The van der Waals surface area contributed by atoms with Crippen molar-refractivity contribution in [1.82, 2.24) is 9.55 Å². The van der Waals surface area contributed by atoms with E-state index in [9.17, 15) is 9.18 Å². The lowest BCUT2D eigenvalue weighted by molar-refractivity contribution is 0.492. The van der Waals surface area contributed by atoms with Crippen LogP contribution in [0.15, 0.2) is 23.0 Å². The van der Waals surface area contributed by atoms with Crippen molar-refractivity contribution in [3.63, 3.8) is 0 Å². The van der Waals surface area contributed by atoms with E-state index in [2.05, 4.69) is 4.98 Å². The van der Waals surface area contributed by atoms with Gasteiger partial charge in [-0.2, -0.15) is 11.8 Å². The van der Waals surface area contributed by atoms with E-state index in [1.54, 1.807) is 16.7 Å². The number of hydrogen-bond acceptors (Lipinski definition) is 2. The lowest BCUT2D eigenvalue weighted by Crippen LogP contribution is -2.21. The molecule has 0 amide bonds. The summed E-state index contributed by atoms with van der Waals surface area (Å²) in [6.07, 6.45) is 1.14. The van der Waals surface area contributed by atoms with E-state index in [0.29, 0.717) is 23.5 Å². The Labute approximate surface area is 102 Å². The molecule has 0 bridgehead atoms. The SMILES string of the molecule is O=c1[nH]c2c(F)cccc2n1CC1CCSC1. The Morgan fingerprint density at radius 1 is 1.53 bits per heavy atom. The molecule has 1 aliphatic heterocycles. The molecular formula is C12H13FN2OS. The minimum atomic E-state index is -0.362. The molecule has 5 heteroatoms. The molecule has 1 aromatic heterocycles. The Balaban J connectivity index is 2.06. The number of H-pyrrole nitrogens is 1. The van der Waals surface area contributed by atoms with Crippen LogP contribution in [0.3, 0.4) is 0 Å². The van der Waals surface area contributed by atoms with Crippen LogP contribution in [0.4, 0.5) is 4.39 Å². The van der Waals surface area contributed by atoms with E-state index in [1.165, 1.54) is 6.07 Å². The largest absolute Gasteiger partial charge is 0.326 e. The summed E-state index contributed by atoms with van der Waals surface area (Å²) in [5.74, 6) is 2.42. The second kappa shape index (κ2) is 4.22. The normalized spacial score (nSPS) is 20.2. The Morgan fingerprint density at radius 3 is 3.18 bits per heavy atom. The first-order chi connectivity index (χ1) is 8.25. The fraction of sp³-hybridized carbons (Fsp3) is 0.417. The van der Waals surface area contributed by atoms with Crippen molar-refractivity contribution in [2.24, 2.45) is 5.92 Å². The Hall–Kier alpha value is -1.23. The van der Waals surface area contributed by atoms with Crippen molar-refractivity contribution in [3.8, 4) is 0 Å². The first-order valence-electron chi connectivity index (χ1n) is 5.70. The van der Waals surface area contributed by atoms with Crippen molar-refractivity contribution < 1.29 is 4.39 Å². The van der Waals surface area contributed by atoms with E-state index in [1.807, 2.05) is 11.8 Å². The topological polar surface area (TPSA) is 37.8 Å².